The molecule has 138 heavy (non-hydrogen) atoms. The van der Waals surface area contributed by atoms with E-state index in [0.29, 0.717) is 0 Å². The number of hydrogen-bond acceptors (Lipinski definition) is 46. The number of hydrogen-bond donors (Lipinski definition) is 34. The van der Waals surface area contributed by atoms with Gasteiger partial charge in [0.2, 0.25) is 0 Å². The van der Waals surface area contributed by atoms with Gasteiger partial charge in [-0.2, -0.15) is 0 Å². The minimum Gasteiger partial charge on any atom is -0.507 e. The van der Waals surface area contributed by atoms with Crippen LogP contribution in [0.2, 0.25) is 0 Å². The van der Waals surface area contributed by atoms with Crippen LogP contribution in [0, 0.1) is 0 Å². The largest absolute Gasteiger partial charge is 0.507 e. The molecule has 0 radical (unpaired) electrons. The molecule has 0 aliphatic carbocycles. The first kappa shape index (κ1) is 93.9. The number of esters is 4. The molecule has 0 amide bonds. The predicted molar refractivity (Wildman–Crippen MR) is 457 cm³/mol. The van der Waals surface area contributed by atoms with Crippen LogP contribution in [0.1, 0.15) is 144 Å². The summed E-state index contributed by atoms with van der Waals surface area (Å²) < 4.78 is 47.8. The van der Waals surface area contributed by atoms with Crippen molar-refractivity contribution >= 4 is 23.9 Å². The topological polar surface area (TPSA) is 842 Å². The predicted octanol–water partition coefficient (Wildman–Crippen LogP) is 7.74. The highest BCUT2D eigenvalue weighted by Gasteiger charge is 2.48. The van der Waals surface area contributed by atoms with E-state index in [4.69, 9.17) is 49.4 Å². The highest BCUT2D eigenvalue weighted by Crippen LogP contribution is 2.60. The van der Waals surface area contributed by atoms with Gasteiger partial charge in [0.05, 0.1) is 22.3 Å². The lowest BCUT2D eigenvalue weighted by atomic mass is 9.82. The quantitative estimate of drug-likeness (QED) is 0.0222. The normalized spacial score (nSPS) is 17.6. The van der Waals surface area contributed by atoms with Crippen LogP contribution in [0.4, 0.5) is 0 Å². The smallest absolute Gasteiger partial charge is 0.338 e. The maximum atomic E-state index is 13.5. The second-order valence-electron chi connectivity index (χ2n) is 31.9. The molecule has 10 atom stereocenters. The molecular weight excluding hydrogens is 1840 g/mol. The van der Waals surface area contributed by atoms with E-state index in [1.54, 1.807) is 0 Å². The Morgan fingerprint density at radius 2 is 0.420 bits per heavy atom. The summed E-state index contributed by atoms with van der Waals surface area (Å²) in [6.07, 6.45) is -14.5. The van der Waals surface area contributed by atoms with Gasteiger partial charge >= 0.3 is 23.9 Å². The van der Waals surface area contributed by atoms with Crippen molar-refractivity contribution in [2.24, 2.45) is 11.5 Å². The van der Waals surface area contributed by atoms with Gasteiger partial charge in [0.25, 0.3) is 0 Å². The van der Waals surface area contributed by atoms with E-state index in [1.165, 1.54) is 0 Å². The van der Waals surface area contributed by atoms with E-state index in [-0.39, 0.29) is 78.6 Å². The van der Waals surface area contributed by atoms with Crippen molar-refractivity contribution in [1.82, 2.24) is 0 Å². The van der Waals surface area contributed by atoms with Gasteiger partial charge in [0.1, 0.15) is 93.4 Å². The number of phenols is 32. The Hall–Kier alpha value is -18.8. The number of phenolic OH excluding ortho intramolecular Hbond substituents is 32. The average Bonchev–Trinajstić information content (AvgIpc) is 0.737. The van der Waals surface area contributed by atoms with Gasteiger partial charge in [-0.25, -0.2) is 19.2 Å². The number of nitrogens with two attached hydrogens (primary N) is 2. The Balaban J connectivity index is 0.000000209. The second-order valence-corrected chi connectivity index (χ2v) is 31.9. The standard InChI is InChI=1S/2C46H39NO22/c2*47-13-20(35-23(50)12-32-19(37(35)59)10-34(42(66-32)14-1-24(51)38(60)25(52)2-14)68-46(65)17-7-30(57)41(63)31(58)8-17)36-22(49)11-21(48)18-9-33(67-45(64)16-5-28(55)40(62)29(56)6-16)43(69-44(18)36)15-3-26(53)39(61)27(54)4-15/h2*1-8,11-12,20,33-34,42-43,48-63H,9-10,13,47H2/t2*20?,33-,34-,42-,43-/m11/s1. The zero-order chi connectivity index (χ0) is 100. The molecule has 12 aromatic rings. The molecule has 2 unspecified atom stereocenters. The van der Waals surface area contributed by atoms with E-state index in [9.17, 15) is 183 Å². The number of fused-ring (bicyclic) bond motifs is 4. The molecule has 4 heterocycles. The van der Waals surface area contributed by atoms with Crippen LogP contribution < -0.4 is 30.4 Å². The van der Waals surface area contributed by atoms with Crippen LogP contribution in [-0.2, 0) is 44.6 Å². The summed E-state index contributed by atoms with van der Waals surface area (Å²) in [5.41, 5.74) is 7.93. The number of carbonyl (C=O) groups excluding carboxylic acids is 4. The van der Waals surface area contributed by atoms with Crippen LogP contribution in [0.3, 0.4) is 0 Å². The van der Waals surface area contributed by atoms with E-state index >= 15 is 0 Å². The third-order valence-electron chi connectivity index (χ3n) is 23.3. The Labute approximate surface area is 769 Å². The van der Waals surface area contributed by atoms with Gasteiger partial charge in [-0.15, -0.1) is 0 Å². The van der Waals surface area contributed by atoms with Crippen molar-refractivity contribution in [3.63, 3.8) is 0 Å². The van der Waals surface area contributed by atoms with E-state index in [0.717, 1.165) is 121 Å². The molecule has 4 aliphatic heterocycles. The fourth-order valence-corrected chi connectivity index (χ4v) is 16.6. The zero-order valence-electron chi connectivity index (χ0n) is 69.9. The molecule has 0 saturated heterocycles. The van der Waals surface area contributed by atoms with Crippen LogP contribution >= 0.6 is 0 Å². The summed E-state index contributed by atoms with van der Waals surface area (Å²) in [5.74, 6) is -36.5. The molecule has 4 aliphatic rings. The molecule has 0 aromatic heterocycles. The summed E-state index contributed by atoms with van der Waals surface area (Å²) in [5, 5.41) is 337. The fraction of sp³-hybridized carbons (Fsp3) is 0.174. The molecule has 36 N–H and O–H groups in total. The molecule has 0 fully saturated rings. The van der Waals surface area contributed by atoms with Crippen molar-refractivity contribution < 1.29 is 220 Å². The van der Waals surface area contributed by atoms with Gasteiger partial charge in [-0.3, -0.25) is 0 Å². The summed E-state index contributed by atoms with van der Waals surface area (Å²) in [6.45, 7) is -1.15. The first-order chi connectivity index (χ1) is 65.1. The van der Waals surface area contributed by atoms with Gasteiger partial charge in [0.15, 0.2) is 162 Å². The zero-order valence-corrected chi connectivity index (χ0v) is 69.9. The lowest BCUT2D eigenvalue weighted by Crippen LogP contribution is -2.36. The average molecular weight is 1920 g/mol. The number of carbonyl (C=O) groups is 4. The summed E-state index contributed by atoms with van der Waals surface area (Å²) in [6, 6.07) is 17.4. The second kappa shape index (κ2) is 35.7. The lowest BCUT2D eigenvalue weighted by Gasteiger charge is -2.37. The van der Waals surface area contributed by atoms with Crippen molar-refractivity contribution in [3.8, 4) is 207 Å². The van der Waals surface area contributed by atoms with E-state index in [1.807, 2.05) is 0 Å². The van der Waals surface area contributed by atoms with E-state index in [2.05, 4.69) is 0 Å². The molecule has 12 aromatic carbocycles. The van der Waals surface area contributed by atoms with Crippen LogP contribution in [0.15, 0.2) is 121 Å². The summed E-state index contributed by atoms with van der Waals surface area (Å²) in [7, 11) is 0. The first-order valence-electron chi connectivity index (χ1n) is 40.4. The Morgan fingerprint density at radius 1 is 0.232 bits per heavy atom. The molecule has 46 heteroatoms. The van der Waals surface area contributed by atoms with Crippen LogP contribution in [0.25, 0.3) is 0 Å². The van der Waals surface area contributed by atoms with Crippen molar-refractivity contribution in [2.45, 2.75) is 86.4 Å². The maximum Gasteiger partial charge on any atom is 0.338 e. The van der Waals surface area contributed by atoms with Gasteiger partial charge in [-0.1, -0.05) is 0 Å². The molecule has 0 saturated carbocycles. The van der Waals surface area contributed by atoms with E-state index < -0.39 is 341 Å². The minimum absolute atomic E-state index is 0.114. The Kier molecular flexibility index (Phi) is 24.3. The Bertz CT molecular complexity index is 6460. The third-order valence-corrected chi connectivity index (χ3v) is 23.3. The van der Waals surface area contributed by atoms with Crippen molar-refractivity contribution in [3.05, 3.63) is 210 Å². The van der Waals surface area contributed by atoms with Crippen LogP contribution in [0.5, 0.6) is 207 Å². The van der Waals surface area contributed by atoms with Gasteiger partial charge in [0, 0.05) is 142 Å². The fourth-order valence-electron chi connectivity index (χ4n) is 16.6. The Morgan fingerprint density at radius 3 is 0.630 bits per heavy atom. The van der Waals surface area contributed by atoms with Crippen LogP contribution in [-0.4, -0.2) is 225 Å². The van der Waals surface area contributed by atoms with Crippen molar-refractivity contribution in [1.29, 1.82) is 0 Å². The number of benzene rings is 12. The SMILES string of the molecule is NCC(c1c(O)cc2c(c1O)C[C@@H](OC(=O)c1cc(O)c(O)c(O)c1)[C@@H](c1cc(O)c(O)c(O)c1)O2)c1c(O)cc(O)c2c1O[C@H](c1cc(O)c(O)c(O)c1)[C@H](OC(=O)c1cc(O)c(O)c(O)c1)C2.NCC(c1c(O)cc2c(c1O)C[C@@H](OC(=O)c1cc(O)c(O)c(O)c1)[C@@H](c1cc(O)c(O)c(O)c1)O2)c1c(O)cc(O)c2c1O[C@H](c1cc(O)c(O)c(O)c1)[C@H](OC(=O)c1cc(O)c(O)c(O)c1)C2. The molecular formula is C92H78N2O44. The molecule has 46 nitrogen and oxygen atoms in total. The molecule has 16 rings (SSSR count). The maximum absolute atomic E-state index is 13.5. The minimum atomic E-state index is -1.63. The molecule has 0 bridgehead atoms. The number of aromatic hydroxyl groups is 32. The first-order valence-corrected chi connectivity index (χ1v) is 40.4. The third kappa shape index (κ3) is 17.0. The molecule has 0 spiro atoms. The van der Waals surface area contributed by atoms with Gasteiger partial charge < -0.3 is 213 Å². The highest BCUT2D eigenvalue weighted by molar-refractivity contribution is 5.94. The lowest BCUT2D eigenvalue weighted by molar-refractivity contribution is -0.0197. The number of ether oxygens (including phenoxy) is 8. The molecule has 720 valence electrons. The highest BCUT2D eigenvalue weighted by atomic mass is 16.6. The summed E-state index contributed by atoms with van der Waals surface area (Å²) in [4.78, 5) is 54.0. The van der Waals surface area contributed by atoms with Crippen molar-refractivity contribution in [2.75, 3.05) is 13.1 Å². The number of rotatable bonds is 18. The summed E-state index contributed by atoms with van der Waals surface area (Å²) >= 11 is 0. The monoisotopic (exact) mass is 1910 g/mol. The van der Waals surface area contributed by atoms with Gasteiger partial charge in [-0.05, 0) is 97.1 Å².